The van der Waals surface area contributed by atoms with Gasteiger partial charge in [-0.1, -0.05) is 41.9 Å². The van der Waals surface area contributed by atoms with Gasteiger partial charge in [-0.05, 0) is 95.5 Å². The molecule has 0 saturated carbocycles. The number of rotatable bonds is 10. The van der Waals surface area contributed by atoms with Crippen molar-refractivity contribution >= 4 is 50.7 Å². The zero-order valence-electron chi connectivity index (χ0n) is 25.9. The second kappa shape index (κ2) is 12.1. The molecule has 9 heteroatoms. The summed E-state index contributed by atoms with van der Waals surface area (Å²) in [5.41, 5.74) is 3.49. The van der Waals surface area contributed by atoms with Crippen LogP contribution in [0.5, 0.6) is 5.75 Å². The Morgan fingerprint density at radius 2 is 1.75 bits per heavy atom. The van der Waals surface area contributed by atoms with Crippen LogP contribution in [0.25, 0.3) is 10.9 Å². The van der Waals surface area contributed by atoms with Gasteiger partial charge in [0.25, 0.3) is 0 Å². The number of nitrogens with one attached hydrogen (secondary N) is 1. The topological polar surface area (TPSA) is 97.6 Å². The summed E-state index contributed by atoms with van der Waals surface area (Å²) in [5, 5.41) is 14.9. The predicted octanol–water partition coefficient (Wildman–Crippen LogP) is 7.28. The van der Waals surface area contributed by atoms with Crippen molar-refractivity contribution in [2.75, 3.05) is 5.32 Å². The van der Waals surface area contributed by atoms with Crippen molar-refractivity contribution in [2.24, 2.45) is 5.41 Å². The van der Waals surface area contributed by atoms with E-state index in [9.17, 15) is 18.9 Å². The summed E-state index contributed by atoms with van der Waals surface area (Å²) in [6.45, 7) is 11.1. The largest absolute Gasteiger partial charge is 0.481 e. The van der Waals surface area contributed by atoms with Crippen LogP contribution in [0.2, 0.25) is 5.02 Å². The number of carboxylic acid groups (broad SMARTS) is 1. The van der Waals surface area contributed by atoms with Gasteiger partial charge >= 0.3 is 5.97 Å². The van der Waals surface area contributed by atoms with Crippen LogP contribution >= 0.6 is 11.6 Å². The maximum Gasteiger partial charge on any atom is 0.309 e. The number of hydrogen-bond donors (Lipinski definition) is 2. The highest BCUT2D eigenvalue weighted by molar-refractivity contribution is 7.86. The summed E-state index contributed by atoms with van der Waals surface area (Å²) in [6, 6.07) is 20.8. The van der Waals surface area contributed by atoms with Crippen molar-refractivity contribution in [3.8, 4) is 5.75 Å². The van der Waals surface area contributed by atoms with Gasteiger partial charge in [0.05, 0.1) is 32.7 Å². The number of Topliss-reactive ketones (excluding diaryl/α,β-unsaturated/α-hetero) is 1. The van der Waals surface area contributed by atoms with Gasteiger partial charge in [-0.2, -0.15) is 0 Å². The molecule has 0 spiro atoms. The Hall–Kier alpha value is -3.62. The fourth-order valence-electron chi connectivity index (χ4n) is 5.67. The van der Waals surface area contributed by atoms with E-state index >= 15 is 0 Å². The monoisotopic (exact) mass is 634 g/mol. The van der Waals surface area contributed by atoms with Crippen LogP contribution in [-0.2, 0) is 39.8 Å². The van der Waals surface area contributed by atoms with E-state index in [1.54, 1.807) is 13.8 Å². The average Bonchev–Trinajstić information content (AvgIpc) is 3.50. The lowest BCUT2D eigenvalue weighted by atomic mass is 9.88. The summed E-state index contributed by atoms with van der Waals surface area (Å²) in [6.07, 6.45) is 0.0875. The molecule has 3 atom stereocenters. The van der Waals surface area contributed by atoms with Crippen LogP contribution in [0.15, 0.2) is 71.6 Å². The fourth-order valence-corrected chi connectivity index (χ4v) is 7.17. The van der Waals surface area contributed by atoms with Crippen molar-refractivity contribution in [1.29, 1.82) is 0 Å². The molecule has 2 N–H and O–H groups in total. The number of halogens is 1. The zero-order chi connectivity index (χ0) is 32.0. The normalized spacial score (nSPS) is 16.3. The van der Waals surface area contributed by atoms with Crippen LogP contribution in [0.4, 0.5) is 5.69 Å². The number of nitrogens with zero attached hydrogens (tertiary/aromatic N) is 1. The van der Waals surface area contributed by atoms with Crippen LogP contribution in [0.1, 0.15) is 58.4 Å². The highest BCUT2D eigenvalue weighted by Crippen LogP contribution is 2.39. The smallest absolute Gasteiger partial charge is 0.309 e. The minimum atomic E-state index is -1.50. The molecule has 0 saturated heterocycles. The average molecular weight is 635 g/mol. The molecule has 5 rings (SSSR count). The predicted molar refractivity (Wildman–Crippen MR) is 176 cm³/mol. The highest BCUT2D eigenvalue weighted by Gasteiger charge is 2.36. The van der Waals surface area contributed by atoms with Crippen molar-refractivity contribution in [2.45, 2.75) is 82.7 Å². The summed E-state index contributed by atoms with van der Waals surface area (Å²) in [5.74, 6) is -0.555. The molecular formula is C35H39ClN2O5S. The summed E-state index contributed by atoms with van der Waals surface area (Å²) < 4.78 is 22.1. The summed E-state index contributed by atoms with van der Waals surface area (Å²) >= 11 is 6.16. The third-order valence-electron chi connectivity index (χ3n) is 8.10. The number of para-hydroxylation sites is 1. The molecule has 0 bridgehead atoms. The van der Waals surface area contributed by atoms with Gasteiger partial charge in [-0.15, -0.1) is 0 Å². The lowest BCUT2D eigenvalue weighted by Crippen LogP contribution is -2.41. The molecule has 2 unspecified atom stereocenters. The SMILES string of the molecule is CC(=O)[C@@H](Oc1ccc2c(c1)c(S(=O)C(C)(C)C)c(CC(C)(C)C(=O)O)n2Cc1ccc(Cl)cc1)C1Cc2ccccc2N1. The molecule has 0 aliphatic carbocycles. The second-order valence-electron chi connectivity index (χ2n) is 13.2. The Labute approximate surface area is 266 Å². The first-order valence-corrected chi connectivity index (χ1v) is 16.2. The number of aromatic nitrogens is 1. The number of fused-ring (bicyclic) bond motifs is 2. The van der Waals surface area contributed by atoms with E-state index in [1.807, 2.05) is 87.5 Å². The maximum absolute atomic E-state index is 14.3. The minimum Gasteiger partial charge on any atom is -0.481 e. The molecule has 1 aliphatic heterocycles. The molecule has 3 aromatic carbocycles. The lowest BCUT2D eigenvalue weighted by molar-refractivity contribution is -0.146. The van der Waals surface area contributed by atoms with Gasteiger partial charge in [-0.25, -0.2) is 0 Å². The Morgan fingerprint density at radius 3 is 2.36 bits per heavy atom. The standard InChI is InChI=1S/C35H39ClN2O5S/c1-21(39)31(28-17-23-9-7-8-10-27(23)37-28)43-25-15-16-29-26(18-25)32(44(42)34(2,3)4)30(19-35(5,6)33(40)41)38(29)20-22-11-13-24(36)14-12-22/h7-16,18,28,31,37H,17,19-20H2,1-6H3,(H,40,41)/t28?,31-,44?/m1/s1. The first-order valence-electron chi connectivity index (χ1n) is 14.7. The van der Waals surface area contributed by atoms with E-state index in [2.05, 4.69) is 9.88 Å². The summed E-state index contributed by atoms with van der Waals surface area (Å²) in [7, 11) is -1.50. The molecule has 2 heterocycles. The van der Waals surface area contributed by atoms with Gasteiger partial charge < -0.3 is 19.7 Å². The number of benzene rings is 3. The van der Waals surface area contributed by atoms with Crippen LogP contribution in [0, 0.1) is 5.41 Å². The fraction of sp³-hybridized carbons (Fsp3) is 0.371. The van der Waals surface area contributed by atoms with Crippen molar-refractivity contribution in [3.05, 3.63) is 88.6 Å². The lowest BCUT2D eigenvalue weighted by Gasteiger charge is -2.24. The van der Waals surface area contributed by atoms with Gasteiger partial charge in [0, 0.05) is 39.5 Å². The Morgan fingerprint density at radius 1 is 1.07 bits per heavy atom. The quantitative estimate of drug-likeness (QED) is 0.190. The number of carboxylic acids is 1. The van der Waals surface area contributed by atoms with Gasteiger partial charge in [0.2, 0.25) is 0 Å². The van der Waals surface area contributed by atoms with E-state index in [-0.39, 0.29) is 18.2 Å². The Balaban J connectivity index is 1.65. The van der Waals surface area contributed by atoms with Gasteiger partial charge in [0.1, 0.15) is 5.75 Å². The minimum absolute atomic E-state index is 0.0990. The summed E-state index contributed by atoms with van der Waals surface area (Å²) in [4.78, 5) is 25.8. The van der Waals surface area contributed by atoms with E-state index in [0.29, 0.717) is 39.7 Å². The first kappa shape index (κ1) is 31.8. The Kier molecular flexibility index (Phi) is 8.71. The highest BCUT2D eigenvalue weighted by atomic mass is 35.5. The molecule has 232 valence electrons. The third kappa shape index (κ3) is 6.42. The van der Waals surface area contributed by atoms with Crippen molar-refractivity contribution < 1.29 is 23.6 Å². The maximum atomic E-state index is 14.3. The van der Waals surface area contributed by atoms with E-state index in [0.717, 1.165) is 22.3 Å². The van der Waals surface area contributed by atoms with Crippen LogP contribution in [-0.4, -0.2) is 42.5 Å². The molecule has 44 heavy (non-hydrogen) atoms. The molecule has 0 amide bonds. The molecular weight excluding hydrogens is 596 g/mol. The second-order valence-corrected chi connectivity index (χ2v) is 15.8. The number of carbonyl (C=O) groups excluding carboxylic acids is 1. The molecule has 1 aromatic heterocycles. The molecule has 1 aliphatic rings. The molecule has 0 radical (unpaired) electrons. The van der Waals surface area contributed by atoms with Crippen molar-refractivity contribution in [1.82, 2.24) is 4.57 Å². The van der Waals surface area contributed by atoms with E-state index in [4.69, 9.17) is 16.3 Å². The number of ether oxygens (including phenoxy) is 1. The van der Waals surface area contributed by atoms with Gasteiger partial charge in [0.15, 0.2) is 11.9 Å². The van der Waals surface area contributed by atoms with Gasteiger partial charge in [-0.3, -0.25) is 13.8 Å². The number of hydrogen-bond acceptors (Lipinski definition) is 5. The number of aliphatic carboxylic acids is 1. The Bertz CT molecular complexity index is 1730. The van der Waals surface area contributed by atoms with E-state index < -0.39 is 33.0 Å². The van der Waals surface area contributed by atoms with Crippen molar-refractivity contribution in [3.63, 3.8) is 0 Å². The third-order valence-corrected chi connectivity index (χ3v) is 10.3. The zero-order valence-corrected chi connectivity index (χ0v) is 27.5. The molecule has 7 nitrogen and oxygen atoms in total. The van der Waals surface area contributed by atoms with E-state index in [1.165, 1.54) is 6.92 Å². The molecule has 0 fully saturated rings. The number of ketones is 1. The number of carbonyl (C=O) groups is 2. The first-order chi connectivity index (χ1) is 20.7. The van der Waals surface area contributed by atoms with Crippen LogP contribution < -0.4 is 10.1 Å². The number of anilines is 1. The molecule has 4 aromatic rings. The van der Waals surface area contributed by atoms with Crippen LogP contribution in [0.3, 0.4) is 0 Å².